The third kappa shape index (κ3) is 3.28. The lowest BCUT2D eigenvalue weighted by Crippen LogP contribution is -2.18. The van der Waals surface area contributed by atoms with Crippen molar-refractivity contribution in [1.82, 2.24) is 4.98 Å². The smallest absolute Gasteiger partial charge is 0.155 e. The fourth-order valence-corrected chi connectivity index (χ4v) is 3.33. The first-order valence-electron chi connectivity index (χ1n) is 8.22. The lowest BCUT2D eigenvalue weighted by Gasteiger charge is -2.15. The van der Waals surface area contributed by atoms with Gasteiger partial charge in [0, 0.05) is 22.3 Å². The number of rotatable bonds is 2. The molecule has 0 bridgehead atoms. The lowest BCUT2D eigenvalue weighted by atomic mass is 10.1. The summed E-state index contributed by atoms with van der Waals surface area (Å²) in [6, 6.07) is 10.7. The fourth-order valence-electron chi connectivity index (χ4n) is 2.53. The van der Waals surface area contributed by atoms with Crippen molar-refractivity contribution < 1.29 is 14.4 Å². The Kier molecular flexibility index (Phi) is 3.92. The first kappa shape index (κ1) is 16.6. The van der Waals surface area contributed by atoms with Crippen molar-refractivity contribution in [2.24, 2.45) is 5.16 Å². The normalized spacial score (nSPS) is 12.8. The van der Waals surface area contributed by atoms with Gasteiger partial charge in [0.2, 0.25) is 0 Å². The van der Waals surface area contributed by atoms with Gasteiger partial charge in [-0.1, -0.05) is 5.16 Å². The van der Waals surface area contributed by atoms with E-state index in [1.54, 1.807) is 35.6 Å². The average molecular weight is 366 g/mol. The number of aromatic hydroxyl groups is 1. The van der Waals surface area contributed by atoms with Gasteiger partial charge in [-0.3, -0.25) is 4.98 Å². The van der Waals surface area contributed by atoms with Crippen LogP contribution in [0.1, 0.15) is 20.8 Å². The maximum Gasteiger partial charge on any atom is 0.155 e. The van der Waals surface area contributed by atoms with Gasteiger partial charge in [0.05, 0.1) is 5.39 Å². The molecule has 1 N–H and O–H groups in total. The molecule has 0 spiro atoms. The predicted molar refractivity (Wildman–Crippen MR) is 103 cm³/mol. The number of phenolic OH excluding ortho intramolecular Hbond substituents is 1. The van der Waals surface area contributed by atoms with E-state index < -0.39 is 5.60 Å². The topological polar surface area (TPSA) is 67.9 Å². The Hall–Kier alpha value is -2.86. The molecule has 4 aromatic rings. The fraction of sp³-hybridized carbons (Fsp3) is 0.200. The highest BCUT2D eigenvalue weighted by molar-refractivity contribution is 7.17. The van der Waals surface area contributed by atoms with Crippen LogP contribution in [0, 0.1) is 0 Å². The standard InChI is InChI=1S/C20H18N2O3S/c1-20(2,3)25-22-15-9-18(24-17-5-4-13(23)8-14(15)17)16-10-19-12(11-21-16)6-7-26-19/h4-11,23H,1-3H3. The zero-order valence-corrected chi connectivity index (χ0v) is 15.5. The molecule has 6 heteroatoms. The molecule has 0 aliphatic heterocycles. The molecule has 4 rings (SSSR count). The summed E-state index contributed by atoms with van der Waals surface area (Å²) >= 11 is 1.66. The minimum absolute atomic E-state index is 0.144. The summed E-state index contributed by atoms with van der Waals surface area (Å²) in [6.45, 7) is 5.78. The van der Waals surface area contributed by atoms with Gasteiger partial charge in [0.25, 0.3) is 0 Å². The molecule has 0 unspecified atom stereocenters. The summed E-state index contributed by atoms with van der Waals surface area (Å²) in [5, 5.41) is 18.5. The number of hydrogen-bond acceptors (Lipinski definition) is 6. The Morgan fingerprint density at radius 3 is 2.81 bits per heavy atom. The maximum absolute atomic E-state index is 9.83. The van der Waals surface area contributed by atoms with Gasteiger partial charge < -0.3 is 14.4 Å². The molecule has 132 valence electrons. The number of benzene rings is 1. The van der Waals surface area contributed by atoms with E-state index in [1.165, 1.54) is 0 Å². The van der Waals surface area contributed by atoms with E-state index in [2.05, 4.69) is 10.1 Å². The van der Waals surface area contributed by atoms with E-state index in [-0.39, 0.29) is 5.75 Å². The maximum atomic E-state index is 9.83. The van der Waals surface area contributed by atoms with Gasteiger partial charge in [-0.2, -0.15) is 0 Å². The number of phenols is 1. The molecule has 0 saturated carbocycles. The molecular weight excluding hydrogens is 348 g/mol. The van der Waals surface area contributed by atoms with Crippen LogP contribution in [0.25, 0.3) is 32.5 Å². The van der Waals surface area contributed by atoms with Crippen molar-refractivity contribution in [1.29, 1.82) is 0 Å². The van der Waals surface area contributed by atoms with Crippen LogP contribution in [-0.2, 0) is 4.84 Å². The van der Waals surface area contributed by atoms with Gasteiger partial charge in [-0.25, -0.2) is 0 Å². The summed E-state index contributed by atoms with van der Waals surface area (Å²) < 4.78 is 7.16. The summed E-state index contributed by atoms with van der Waals surface area (Å²) in [5.41, 5.74) is 0.900. The van der Waals surface area contributed by atoms with Gasteiger partial charge in [-0.15, -0.1) is 11.3 Å². The van der Waals surface area contributed by atoms with E-state index in [9.17, 15) is 5.11 Å². The van der Waals surface area contributed by atoms with Gasteiger partial charge in [0.15, 0.2) is 5.76 Å². The van der Waals surface area contributed by atoms with Gasteiger partial charge >= 0.3 is 0 Å². The third-order valence-electron chi connectivity index (χ3n) is 3.73. The Bertz CT molecular complexity index is 1170. The van der Waals surface area contributed by atoms with Crippen LogP contribution in [0.3, 0.4) is 0 Å². The third-order valence-corrected chi connectivity index (χ3v) is 4.61. The summed E-state index contributed by atoms with van der Waals surface area (Å²) in [7, 11) is 0. The number of hydrogen-bond donors (Lipinski definition) is 1. The SMILES string of the molecule is CC(C)(C)ON=c1cc(-c2cc3sccc3cn2)oc2ccc(O)cc12. The van der Waals surface area contributed by atoms with Crippen LogP contribution >= 0.6 is 11.3 Å². The lowest BCUT2D eigenvalue weighted by molar-refractivity contribution is -0.00585. The van der Waals surface area contributed by atoms with Crippen LogP contribution in [0.2, 0.25) is 0 Å². The van der Waals surface area contributed by atoms with Crippen molar-refractivity contribution in [2.75, 3.05) is 0 Å². The summed E-state index contributed by atoms with van der Waals surface area (Å²) in [4.78, 5) is 10.1. The van der Waals surface area contributed by atoms with Crippen molar-refractivity contribution in [3.8, 4) is 17.2 Å². The Labute approximate surface area is 154 Å². The molecule has 0 aliphatic carbocycles. The molecule has 5 nitrogen and oxygen atoms in total. The van der Waals surface area contributed by atoms with Crippen molar-refractivity contribution in [2.45, 2.75) is 26.4 Å². The second-order valence-electron chi connectivity index (χ2n) is 7.00. The molecule has 3 aromatic heterocycles. The highest BCUT2D eigenvalue weighted by Gasteiger charge is 2.12. The van der Waals surface area contributed by atoms with Crippen LogP contribution in [0.15, 0.2) is 57.5 Å². The van der Waals surface area contributed by atoms with Crippen LogP contribution in [0.5, 0.6) is 5.75 Å². The Morgan fingerprint density at radius 2 is 2.00 bits per heavy atom. The van der Waals surface area contributed by atoms with Crippen molar-refractivity contribution in [3.05, 3.63) is 53.3 Å². The first-order chi connectivity index (χ1) is 12.4. The molecular formula is C20H18N2O3S. The Morgan fingerprint density at radius 1 is 1.15 bits per heavy atom. The van der Waals surface area contributed by atoms with E-state index in [0.717, 1.165) is 15.8 Å². The molecule has 26 heavy (non-hydrogen) atoms. The zero-order valence-electron chi connectivity index (χ0n) is 14.7. The Balaban J connectivity index is 1.94. The van der Waals surface area contributed by atoms with Crippen LogP contribution in [-0.4, -0.2) is 15.7 Å². The molecule has 0 aliphatic rings. The predicted octanol–water partition coefficient (Wildman–Crippen LogP) is 5.05. The number of aromatic nitrogens is 1. The van der Waals surface area contributed by atoms with Crippen molar-refractivity contribution in [3.63, 3.8) is 0 Å². The molecule has 3 heterocycles. The van der Waals surface area contributed by atoms with E-state index in [0.29, 0.717) is 22.1 Å². The second kappa shape index (κ2) is 6.14. The molecule has 0 saturated heterocycles. The summed E-state index contributed by atoms with van der Waals surface area (Å²) in [5.74, 6) is 0.737. The minimum atomic E-state index is -0.426. The highest BCUT2D eigenvalue weighted by atomic mass is 32.1. The van der Waals surface area contributed by atoms with Crippen LogP contribution < -0.4 is 5.36 Å². The summed E-state index contributed by atoms with van der Waals surface area (Å²) in [6.07, 6.45) is 1.83. The number of pyridine rings is 1. The average Bonchev–Trinajstić information content (AvgIpc) is 3.06. The zero-order chi connectivity index (χ0) is 18.3. The highest BCUT2D eigenvalue weighted by Crippen LogP contribution is 2.27. The minimum Gasteiger partial charge on any atom is -0.508 e. The molecule has 0 atom stereocenters. The van der Waals surface area contributed by atoms with Gasteiger partial charge in [-0.05, 0) is 56.5 Å². The monoisotopic (exact) mass is 366 g/mol. The van der Waals surface area contributed by atoms with E-state index in [1.807, 2.05) is 44.5 Å². The molecule has 1 aromatic carbocycles. The first-order valence-corrected chi connectivity index (χ1v) is 9.10. The number of thiophene rings is 1. The quantitative estimate of drug-likeness (QED) is 0.504. The van der Waals surface area contributed by atoms with Crippen molar-refractivity contribution >= 4 is 32.4 Å². The van der Waals surface area contributed by atoms with E-state index >= 15 is 0 Å². The second-order valence-corrected chi connectivity index (χ2v) is 7.95. The van der Waals surface area contributed by atoms with E-state index in [4.69, 9.17) is 9.25 Å². The number of nitrogens with zero attached hydrogens (tertiary/aromatic N) is 2. The molecule has 0 fully saturated rings. The van der Waals surface area contributed by atoms with Crippen LogP contribution in [0.4, 0.5) is 0 Å². The largest absolute Gasteiger partial charge is 0.508 e. The number of fused-ring (bicyclic) bond motifs is 2. The molecule has 0 amide bonds. The molecule has 0 radical (unpaired) electrons. The van der Waals surface area contributed by atoms with Gasteiger partial charge in [0.1, 0.15) is 28.0 Å².